The SMILES string of the molecule is O=C(CCNC(=O)c1ncccc1C(=O)c1ccccc1)OCc1ccccc1. The molecule has 1 amide bonds. The number of hydrogen-bond donors (Lipinski definition) is 1. The van der Waals surface area contributed by atoms with Crippen LogP contribution in [-0.4, -0.2) is 29.2 Å². The van der Waals surface area contributed by atoms with Gasteiger partial charge in [-0.1, -0.05) is 60.7 Å². The number of hydrogen-bond acceptors (Lipinski definition) is 5. The molecule has 0 saturated heterocycles. The van der Waals surface area contributed by atoms with E-state index in [1.54, 1.807) is 36.4 Å². The molecule has 1 aromatic heterocycles. The minimum atomic E-state index is -0.513. The minimum absolute atomic E-state index is 0.0212. The lowest BCUT2D eigenvalue weighted by atomic mass is 10.0. The highest BCUT2D eigenvalue weighted by Crippen LogP contribution is 2.13. The molecule has 0 aliphatic rings. The molecular weight excluding hydrogens is 368 g/mol. The number of ketones is 1. The molecule has 0 aliphatic carbocycles. The van der Waals surface area contributed by atoms with Gasteiger partial charge in [-0.05, 0) is 17.7 Å². The summed E-state index contributed by atoms with van der Waals surface area (Å²) in [5, 5.41) is 2.62. The monoisotopic (exact) mass is 388 g/mol. The molecule has 6 nitrogen and oxygen atoms in total. The normalized spacial score (nSPS) is 10.2. The van der Waals surface area contributed by atoms with Gasteiger partial charge in [0.1, 0.15) is 12.3 Å². The summed E-state index contributed by atoms with van der Waals surface area (Å²) in [7, 11) is 0. The van der Waals surface area contributed by atoms with Crippen LogP contribution in [0.4, 0.5) is 0 Å². The van der Waals surface area contributed by atoms with Gasteiger partial charge in [-0.25, -0.2) is 0 Å². The van der Waals surface area contributed by atoms with Crippen molar-refractivity contribution in [1.82, 2.24) is 10.3 Å². The summed E-state index contributed by atoms with van der Waals surface area (Å²) in [4.78, 5) is 41.1. The van der Waals surface area contributed by atoms with Gasteiger partial charge in [0.15, 0.2) is 5.78 Å². The van der Waals surface area contributed by atoms with Crippen LogP contribution < -0.4 is 5.32 Å². The first-order chi connectivity index (χ1) is 14.1. The van der Waals surface area contributed by atoms with Gasteiger partial charge in [0.25, 0.3) is 5.91 Å². The summed E-state index contributed by atoms with van der Waals surface area (Å²) in [6.45, 7) is 0.269. The van der Waals surface area contributed by atoms with Crippen LogP contribution in [0.1, 0.15) is 38.4 Å². The maximum atomic E-state index is 12.7. The Bertz CT molecular complexity index is 988. The molecule has 0 unspecified atom stereocenters. The number of carbonyl (C=O) groups excluding carboxylic acids is 3. The van der Waals surface area contributed by atoms with Crippen LogP contribution in [0.2, 0.25) is 0 Å². The molecule has 1 N–H and O–H groups in total. The van der Waals surface area contributed by atoms with Crippen LogP contribution in [-0.2, 0) is 16.1 Å². The molecule has 3 rings (SSSR count). The Hall–Kier alpha value is -3.80. The number of nitrogens with zero attached hydrogens (tertiary/aromatic N) is 1. The van der Waals surface area contributed by atoms with Crippen LogP contribution in [0.25, 0.3) is 0 Å². The molecule has 0 atom stereocenters. The van der Waals surface area contributed by atoms with Crippen molar-refractivity contribution < 1.29 is 19.1 Å². The number of pyridine rings is 1. The zero-order valence-electron chi connectivity index (χ0n) is 15.7. The third-order valence-electron chi connectivity index (χ3n) is 4.16. The second kappa shape index (κ2) is 9.94. The van der Waals surface area contributed by atoms with Crippen molar-refractivity contribution >= 4 is 17.7 Å². The van der Waals surface area contributed by atoms with Crippen molar-refractivity contribution in [1.29, 1.82) is 0 Å². The molecule has 3 aromatic rings. The first kappa shape index (κ1) is 19.9. The topological polar surface area (TPSA) is 85.4 Å². The molecule has 0 spiro atoms. The van der Waals surface area contributed by atoms with Crippen LogP contribution >= 0.6 is 0 Å². The van der Waals surface area contributed by atoms with Crippen molar-refractivity contribution in [2.75, 3.05) is 6.54 Å². The Morgan fingerprint density at radius 2 is 1.55 bits per heavy atom. The van der Waals surface area contributed by atoms with Crippen LogP contribution in [0.3, 0.4) is 0 Å². The summed E-state index contributed by atoms with van der Waals surface area (Å²) < 4.78 is 5.18. The molecule has 0 saturated carbocycles. The summed E-state index contributed by atoms with van der Waals surface area (Å²) in [6.07, 6.45) is 1.47. The lowest BCUT2D eigenvalue weighted by Crippen LogP contribution is -2.29. The lowest BCUT2D eigenvalue weighted by molar-refractivity contribution is -0.144. The van der Waals surface area contributed by atoms with Crippen molar-refractivity contribution in [3.63, 3.8) is 0 Å². The molecule has 146 valence electrons. The number of rotatable bonds is 8. The predicted octanol–water partition coefficient (Wildman–Crippen LogP) is 3.18. The van der Waals surface area contributed by atoms with E-state index in [1.807, 2.05) is 36.4 Å². The van der Waals surface area contributed by atoms with E-state index in [1.165, 1.54) is 6.20 Å². The average molecular weight is 388 g/mol. The number of amides is 1. The first-order valence-electron chi connectivity index (χ1n) is 9.17. The summed E-state index contributed by atoms with van der Waals surface area (Å²) in [6, 6.07) is 21.2. The highest BCUT2D eigenvalue weighted by Gasteiger charge is 2.19. The van der Waals surface area contributed by atoms with Crippen molar-refractivity contribution in [2.45, 2.75) is 13.0 Å². The molecule has 1 heterocycles. The quantitative estimate of drug-likeness (QED) is 0.473. The average Bonchev–Trinajstić information content (AvgIpc) is 2.78. The molecule has 0 fully saturated rings. The Morgan fingerprint density at radius 3 is 2.28 bits per heavy atom. The standard InChI is InChI=1S/C23H20N2O4/c26-20(29-16-17-8-3-1-4-9-17)13-15-25-23(28)21-19(12-7-14-24-21)22(27)18-10-5-2-6-11-18/h1-12,14H,13,15-16H2,(H,25,28). The van der Waals surface area contributed by atoms with Crippen LogP contribution in [0.15, 0.2) is 79.0 Å². The molecule has 0 bridgehead atoms. The fraction of sp³-hybridized carbons (Fsp3) is 0.130. The number of benzene rings is 2. The Balaban J connectivity index is 1.55. The molecule has 6 heteroatoms. The molecule has 0 aliphatic heterocycles. The van der Waals surface area contributed by atoms with Gasteiger partial charge in [-0.3, -0.25) is 19.4 Å². The van der Waals surface area contributed by atoms with E-state index in [0.717, 1.165) is 5.56 Å². The smallest absolute Gasteiger partial charge is 0.307 e. The molecular formula is C23H20N2O4. The maximum Gasteiger partial charge on any atom is 0.307 e. The Kier molecular flexibility index (Phi) is 6.84. The lowest BCUT2D eigenvalue weighted by Gasteiger charge is -2.09. The van der Waals surface area contributed by atoms with Gasteiger partial charge in [0.2, 0.25) is 0 Å². The second-order valence-electron chi connectivity index (χ2n) is 6.25. The largest absolute Gasteiger partial charge is 0.461 e. The number of carbonyl (C=O) groups is 3. The zero-order valence-corrected chi connectivity index (χ0v) is 15.7. The molecule has 0 radical (unpaired) electrons. The summed E-state index contributed by atoms with van der Waals surface area (Å²) in [5.74, 6) is -1.22. The number of ether oxygens (including phenoxy) is 1. The van der Waals surface area contributed by atoms with Gasteiger partial charge in [0, 0.05) is 18.3 Å². The molecule has 29 heavy (non-hydrogen) atoms. The fourth-order valence-corrected chi connectivity index (χ4v) is 2.69. The van der Waals surface area contributed by atoms with E-state index in [2.05, 4.69) is 10.3 Å². The van der Waals surface area contributed by atoms with Gasteiger partial charge in [-0.2, -0.15) is 0 Å². The van der Waals surface area contributed by atoms with Crippen LogP contribution in [0.5, 0.6) is 0 Å². The highest BCUT2D eigenvalue weighted by atomic mass is 16.5. The number of nitrogens with one attached hydrogen (secondary N) is 1. The summed E-state index contributed by atoms with van der Waals surface area (Å²) in [5.41, 5.74) is 1.60. The van der Waals surface area contributed by atoms with E-state index in [-0.39, 0.29) is 36.6 Å². The summed E-state index contributed by atoms with van der Waals surface area (Å²) >= 11 is 0. The minimum Gasteiger partial charge on any atom is -0.461 e. The zero-order chi connectivity index (χ0) is 20.5. The van der Waals surface area contributed by atoms with E-state index >= 15 is 0 Å². The third-order valence-corrected chi connectivity index (χ3v) is 4.16. The van der Waals surface area contributed by atoms with Crippen LogP contribution in [0, 0.1) is 0 Å². The van der Waals surface area contributed by atoms with Gasteiger partial charge in [-0.15, -0.1) is 0 Å². The van der Waals surface area contributed by atoms with E-state index in [4.69, 9.17) is 4.74 Å². The first-order valence-corrected chi connectivity index (χ1v) is 9.17. The van der Waals surface area contributed by atoms with Crippen molar-refractivity contribution in [3.05, 3.63) is 101 Å². The Morgan fingerprint density at radius 1 is 0.862 bits per heavy atom. The molecule has 2 aromatic carbocycles. The highest BCUT2D eigenvalue weighted by molar-refractivity contribution is 6.14. The predicted molar refractivity (Wildman–Crippen MR) is 107 cm³/mol. The van der Waals surface area contributed by atoms with E-state index in [9.17, 15) is 14.4 Å². The fourth-order valence-electron chi connectivity index (χ4n) is 2.69. The van der Waals surface area contributed by atoms with Gasteiger partial charge < -0.3 is 10.1 Å². The maximum absolute atomic E-state index is 12.7. The number of aromatic nitrogens is 1. The van der Waals surface area contributed by atoms with E-state index in [0.29, 0.717) is 5.56 Å². The second-order valence-corrected chi connectivity index (χ2v) is 6.25. The number of esters is 1. The Labute approximate surface area is 168 Å². The van der Waals surface area contributed by atoms with Crippen molar-refractivity contribution in [2.24, 2.45) is 0 Å². The van der Waals surface area contributed by atoms with Crippen molar-refractivity contribution in [3.8, 4) is 0 Å². The van der Waals surface area contributed by atoms with E-state index < -0.39 is 11.9 Å². The third kappa shape index (κ3) is 5.59. The van der Waals surface area contributed by atoms with Gasteiger partial charge >= 0.3 is 5.97 Å². The van der Waals surface area contributed by atoms with Gasteiger partial charge in [0.05, 0.1) is 12.0 Å².